The van der Waals surface area contributed by atoms with Crippen LogP contribution in [0.25, 0.3) is 0 Å². The van der Waals surface area contributed by atoms with E-state index in [1.807, 2.05) is 6.92 Å². The molecule has 1 saturated carbocycles. The Hall–Kier alpha value is -0.410. The molecular formula is C14H25NO2. The van der Waals surface area contributed by atoms with Crippen molar-refractivity contribution < 1.29 is 9.53 Å². The molecule has 0 amide bonds. The fourth-order valence-corrected chi connectivity index (χ4v) is 3.28. The molecular weight excluding hydrogens is 214 g/mol. The van der Waals surface area contributed by atoms with Crippen molar-refractivity contribution in [1.82, 2.24) is 0 Å². The first-order valence-electron chi connectivity index (χ1n) is 6.96. The van der Waals surface area contributed by atoms with Gasteiger partial charge in [-0.25, -0.2) is 0 Å². The van der Waals surface area contributed by atoms with E-state index in [0.29, 0.717) is 0 Å². The molecule has 1 saturated heterocycles. The number of ketones is 1. The molecule has 0 aromatic carbocycles. The van der Waals surface area contributed by atoms with Gasteiger partial charge in [-0.15, -0.1) is 0 Å². The Kier molecular flexibility index (Phi) is 3.60. The second-order valence-electron chi connectivity index (χ2n) is 6.11. The fourth-order valence-electron chi connectivity index (χ4n) is 3.28. The fraction of sp³-hybridized carbons (Fsp3) is 0.929. The molecule has 98 valence electrons. The molecule has 0 aromatic rings. The minimum absolute atomic E-state index is 0.0425. The van der Waals surface area contributed by atoms with Gasteiger partial charge in [0.2, 0.25) is 0 Å². The molecule has 0 radical (unpaired) electrons. The number of Topliss-reactive ketones (excluding diaryl/α,β-unsaturated/α-hetero) is 1. The number of nitrogens with two attached hydrogens (primary N) is 1. The van der Waals surface area contributed by atoms with Gasteiger partial charge in [0, 0.05) is 12.5 Å². The van der Waals surface area contributed by atoms with E-state index in [1.54, 1.807) is 0 Å². The van der Waals surface area contributed by atoms with E-state index in [0.717, 1.165) is 45.1 Å². The van der Waals surface area contributed by atoms with E-state index in [4.69, 9.17) is 10.5 Å². The highest BCUT2D eigenvalue weighted by atomic mass is 16.5. The van der Waals surface area contributed by atoms with Crippen LogP contribution in [-0.4, -0.2) is 23.5 Å². The smallest absolute Gasteiger partial charge is 0.155 e. The highest BCUT2D eigenvalue weighted by molar-refractivity contribution is 5.90. The number of ether oxygens (including phenoxy) is 1. The first-order chi connectivity index (χ1) is 7.99. The largest absolute Gasteiger partial charge is 0.375 e. The van der Waals surface area contributed by atoms with E-state index in [-0.39, 0.29) is 17.3 Å². The molecule has 2 aliphatic rings. The van der Waals surface area contributed by atoms with E-state index in [9.17, 15) is 4.79 Å². The van der Waals surface area contributed by atoms with Gasteiger partial charge in [-0.05, 0) is 45.4 Å². The van der Waals surface area contributed by atoms with Crippen LogP contribution in [0.4, 0.5) is 0 Å². The molecule has 2 rings (SSSR count). The summed E-state index contributed by atoms with van der Waals surface area (Å²) in [7, 11) is 0. The third kappa shape index (κ3) is 2.55. The van der Waals surface area contributed by atoms with Crippen LogP contribution in [0, 0.1) is 5.92 Å². The van der Waals surface area contributed by atoms with Gasteiger partial charge in [0.25, 0.3) is 0 Å². The number of hydrogen-bond donors (Lipinski definition) is 1. The molecule has 3 nitrogen and oxygen atoms in total. The van der Waals surface area contributed by atoms with Crippen LogP contribution in [0.2, 0.25) is 0 Å². The van der Waals surface area contributed by atoms with Crippen molar-refractivity contribution in [3.05, 3.63) is 0 Å². The standard InChI is InChI=1S/C14H25NO2/c1-3-6-13(2,15)12(16)11-5-9-17-14(10-11)7-4-8-14/h11H,3-10,15H2,1-2H3. The maximum Gasteiger partial charge on any atom is 0.155 e. The number of carbonyl (C=O) groups is 1. The summed E-state index contributed by atoms with van der Waals surface area (Å²) < 4.78 is 5.86. The molecule has 2 unspecified atom stereocenters. The van der Waals surface area contributed by atoms with Gasteiger partial charge < -0.3 is 10.5 Å². The van der Waals surface area contributed by atoms with Crippen molar-refractivity contribution in [3.63, 3.8) is 0 Å². The molecule has 0 aromatic heterocycles. The Morgan fingerprint density at radius 1 is 1.53 bits per heavy atom. The summed E-state index contributed by atoms with van der Waals surface area (Å²) in [6.07, 6.45) is 7.02. The minimum atomic E-state index is -0.637. The van der Waals surface area contributed by atoms with Crippen LogP contribution in [0.5, 0.6) is 0 Å². The second kappa shape index (κ2) is 4.69. The maximum atomic E-state index is 12.5. The summed E-state index contributed by atoms with van der Waals surface area (Å²) >= 11 is 0. The first-order valence-corrected chi connectivity index (χ1v) is 6.96. The molecule has 2 fully saturated rings. The highest BCUT2D eigenvalue weighted by Gasteiger charge is 2.46. The van der Waals surface area contributed by atoms with Crippen LogP contribution >= 0.6 is 0 Å². The molecule has 17 heavy (non-hydrogen) atoms. The van der Waals surface area contributed by atoms with Crippen molar-refractivity contribution in [2.45, 2.75) is 69.9 Å². The van der Waals surface area contributed by atoms with Gasteiger partial charge in [0.1, 0.15) is 0 Å². The summed E-state index contributed by atoms with van der Waals surface area (Å²) in [6.45, 7) is 4.70. The molecule has 2 N–H and O–H groups in total. The lowest BCUT2D eigenvalue weighted by Crippen LogP contribution is -2.53. The molecule has 1 spiro atoms. The van der Waals surface area contributed by atoms with Crippen LogP contribution in [-0.2, 0) is 9.53 Å². The summed E-state index contributed by atoms with van der Waals surface area (Å²) in [5.41, 5.74) is 5.56. The zero-order valence-electron chi connectivity index (χ0n) is 11.1. The Balaban J connectivity index is 1.99. The summed E-state index contributed by atoms with van der Waals surface area (Å²) in [4.78, 5) is 12.5. The summed E-state index contributed by atoms with van der Waals surface area (Å²) in [5.74, 6) is 0.388. The van der Waals surface area contributed by atoms with Crippen molar-refractivity contribution in [1.29, 1.82) is 0 Å². The van der Waals surface area contributed by atoms with Crippen LogP contribution in [0.1, 0.15) is 58.8 Å². The summed E-state index contributed by atoms with van der Waals surface area (Å²) in [6, 6.07) is 0. The van der Waals surface area contributed by atoms with Gasteiger partial charge in [-0.2, -0.15) is 0 Å². The van der Waals surface area contributed by atoms with Gasteiger partial charge in [-0.1, -0.05) is 13.3 Å². The normalized spacial score (nSPS) is 30.6. The van der Waals surface area contributed by atoms with Crippen LogP contribution < -0.4 is 5.73 Å². The predicted octanol–water partition coefficient (Wildman–Crippen LogP) is 2.42. The van der Waals surface area contributed by atoms with Crippen molar-refractivity contribution in [3.8, 4) is 0 Å². The summed E-state index contributed by atoms with van der Waals surface area (Å²) in [5, 5.41) is 0. The van der Waals surface area contributed by atoms with E-state index in [2.05, 4.69) is 6.92 Å². The molecule has 3 heteroatoms. The number of carbonyl (C=O) groups excluding carboxylic acids is 1. The zero-order chi connectivity index (χ0) is 12.5. The maximum absolute atomic E-state index is 12.5. The highest BCUT2D eigenvalue weighted by Crippen LogP contribution is 2.45. The monoisotopic (exact) mass is 239 g/mol. The molecule has 2 atom stereocenters. The Bertz CT molecular complexity index is 295. The van der Waals surface area contributed by atoms with Gasteiger partial charge >= 0.3 is 0 Å². The average molecular weight is 239 g/mol. The minimum Gasteiger partial charge on any atom is -0.375 e. The Labute approximate surface area is 104 Å². The Morgan fingerprint density at radius 2 is 2.24 bits per heavy atom. The topological polar surface area (TPSA) is 52.3 Å². The lowest BCUT2D eigenvalue weighted by atomic mass is 9.69. The third-order valence-corrected chi connectivity index (χ3v) is 4.46. The second-order valence-corrected chi connectivity index (χ2v) is 6.11. The Morgan fingerprint density at radius 3 is 2.76 bits per heavy atom. The number of rotatable bonds is 4. The first kappa shape index (κ1) is 13.0. The predicted molar refractivity (Wildman–Crippen MR) is 67.8 cm³/mol. The molecule has 1 heterocycles. The quantitative estimate of drug-likeness (QED) is 0.819. The van der Waals surface area contributed by atoms with E-state index < -0.39 is 5.54 Å². The van der Waals surface area contributed by atoms with Gasteiger partial charge in [0.15, 0.2) is 5.78 Å². The van der Waals surface area contributed by atoms with Gasteiger partial charge in [-0.3, -0.25) is 4.79 Å². The van der Waals surface area contributed by atoms with Crippen LogP contribution in [0.3, 0.4) is 0 Å². The molecule has 1 aliphatic carbocycles. The van der Waals surface area contributed by atoms with E-state index in [1.165, 1.54) is 6.42 Å². The lowest BCUT2D eigenvalue weighted by molar-refractivity contribution is -0.158. The zero-order valence-corrected chi connectivity index (χ0v) is 11.1. The lowest BCUT2D eigenvalue weighted by Gasteiger charge is -2.47. The number of hydrogen-bond acceptors (Lipinski definition) is 3. The molecule has 0 bridgehead atoms. The van der Waals surface area contributed by atoms with Crippen LogP contribution in [0.15, 0.2) is 0 Å². The van der Waals surface area contributed by atoms with Gasteiger partial charge in [0.05, 0.1) is 11.1 Å². The third-order valence-electron chi connectivity index (χ3n) is 4.46. The van der Waals surface area contributed by atoms with E-state index >= 15 is 0 Å². The van der Waals surface area contributed by atoms with Crippen molar-refractivity contribution in [2.24, 2.45) is 11.7 Å². The average Bonchev–Trinajstić information content (AvgIpc) is 2.26. The molecule has 1 aliphatic heterocycles. The van der Waals surface area contributed by atoms with Crippen molar-refractivity contribution >= 4 is 5.78 Å². The van der Waals surface area contributed by atoms with Crippen molar-refractivity contribution in [2.75, 3.05) is 6.61 Å². The SMILES string of the molecule is CCCC(C)(N)C(=O)C1CCOC2(CCC2)C1.